The zero-order chi connectivity index (χ0) is 13.9. The van der Waals surface area contributed by atoms with Crippen molar-refractivity contribution in [1.82, 2.24) is 10.1 Å². The smallest absolute Gasteiger partial charge is 0.246 e. The second kappa shape index (κ2) is 5.84. The number of hydrogen-bond donors (Lipinski definition) is 1. The minimum atomic E-state index is -0.511. The van der Waals surface area contributed by atoms with E-state index >= 15 is 0 Å². The molecule has 1 aromatic carbocycles. The molecule has 0 spiro atoms. The summed E-state index contributed by atoms with van der Waals surface area (Å²) in [6.07, 6.45) is 2.20. The van der Waals surface area contributed by atoms with Gasteiger partial charge in [0.15, 0.2) is 5.82 Å². The predicted octanol–water partition coefficient (Wildman–Crippen LogP) is 3.40. The molecule has 0 saturated carbocycles. The zero-order valence-electron chi connectivity index (χ0n) is 11.2. The maximum absolute atomic E-state index is 6.24. The predicted molar refractivity (Wildman–Crippen MR) is 77.7 cm³/mol. The molecule has 0 aliphatic rings. The molecular weight excluding hydrogens is 306 g/mol. The molecule has 0 radical (unpaired) electrons. The lowest BCUT2D eigenvalue weighted by Gasteiger charge is -2.20. The number of rotatable bonds is 5. The fourth-order valence-corrected chi connectivity index (χ4v) is 2.36. The van der Waals surface area contributed by atoms with Gasteiger partial charge in [-0.2, -0.15) is 4.98 Å². The Balaban J connectivity index is 2.18. The Bertz CT molecular complexity index is 549. The van der Waals surface area contributed by atoms with Crippen LogP contribution in [0.3, 0.4) is 0 Å². The van der Waals surface area contributed by atoms with Crippen molar-refractivity contribution in [3.63, 3.8) is 0 Å². The van der Waals surface area contributed by atoms with Gasteiger partial charge >= 0.3 is 0 Å². The minimum absolute atomic E-state index is 0.511. The molecule has 2 aromatic rings. The number of aromatic nitrogens is 2. The normalized spacial score (nSPS) is 11.8. The van der Waals surface area contributed by atoms with Crippen LogP contribution in [0.4, 0.5) is 0 Å². The molecule has 0 aliphatic carbocycles. The Morgan fingerprint density at radius 2 is 2.05 bits per heavy atom. The van der Waals surface area contributed by atoms with Gasteiger partial charge < -0.3 is 10.3 Å². The maximum Gasteiger partial charge on any atom is 0.246 e. The lowest BCUT2D eigenvalue weighted by molar-refractivity contribution is 0.267. The number of nitrogens with two attached hydrogens (primary N) is 1. The Morgan fingerprint density at radius 1 is 1.32 bits per heavy atom. The van der Waals surface area contributed by atoms with Gasteiger partial charge in [-0.1, -0.05) is 47.1 Å². The molecular formula is C14H18BrN3O. The monoisotopic (exact) mass is 323 g/mol. The van der Waals surface area contributed by atoms with E-state index in [4.69, 9.17) is 10.3 Å². The standard InChI is InChI=1S/C14H18BrN3O/c1-3-14(16,4-2)13-17-12(18-19-13)9-10-6-5-7-11(15)8-10/h5-8H,3-4,9,16H2,1-2H3. The average Bonchev–Trinajstić information content (AvgIpc) is 2.87. The van der Waals surface area contributed by atoms with Gasteiger partial charge in [-0.15, -0.1) is 0 Å². The zero-order valence-corrected chi connectivity index (χ0v) is 12.8. The molecule has 2 rings (SSSR count). The van der Waals surface area contributed by atoms with Crippen LogP contribution in [-0.2, 0) is 12.0 Å². The second-order valence-corrected chi connectivity index (χ2v) is 5.60. The van der Waals surface area contributed by atoms with Gasteiger partial charge in [0, 0.05) is 10.9 Å². The van der Waals surface area contributed by atoms with Crippen molar-refractivity contribution in [3.05, 3.63) is 46.0 Å². The molecule has 102 valence electrons. The first-order valence-electron chi connectivity index (χ1n) is 6.43. The first kappa shape index (κ1) is 14.2. The molecule has 1 aromatic heterocycles. The fourth-order valence-electron chi connectivity index (χ4n) is 1.91. The first-order valence-corrected chi connectivity index (χ1v) is 7.23. The van der Waals surface area contributed by atoms with Gasteiger partial charge in [0.25, 0.3) is 0 Å². The second-order valence-electron chi connectivity index (χ2n) is 4.69. The molecule has 0 unspecified atom stereocenters. The van der Waals surface area contributed by atoms with Gasteiger partial charge in [0.1, 0.15) is 0 Å². The van der Waals surface area contributed by atoms with Crippen molar-refractivity contribution in [2.24, 2.45) is 5.73 Å². The van der Waals surface area contributed by atoms with E-state index in [1.165, 1.54) is 0 Å². The van der Waals surface area contributed by atoms with Crippen LogP contribution in [0.25, 0.3) is 0 Å². The molecule has 0 aliphatic heterocycles. The number of halogens is 1. The highest BCUT2D eigenvalue weighted by Gasteiger charge is 2.29. The highest BCUT2D eigenvalue weighted by Crippen LogP contribution is 2.24. The van der Waals surface area contributed by atoms with E-state index in [2.05, 4.69) is 26.1 Å². The molecule has 0 saturated heterocycles. The first-order chi connectivity index (χ1) is 9.07. The summed E-state index contributed by atoms with van der Waals surface area (Å²) in [5.74, 6) is 1.20. The number of benzene rings is 1. The summed E-state index contributed by atoms with van der Waals surface area (Å²) < 4.78 is 6.36. The van der Waals surface area contributed by atoms with Crippen molar-refractivity contribution in [1.29, 1.82) is 0 Å². The van der Waals surface area contributed by atoms with Crippen LogP contribution >= 0.6 is 15.9 Å². The Morgan fingerprint density at radius 3 is 2.68 bits per heavy atom. The van der Waals surface area contributed by atoms with Crippen molar-refractivity contribution >= 4 is 15.9 Å². The highest BCUT2D eigenvalue weighted by molar-refractivity contribution is 9.10. The molecule has 0 amide bonds. The topological polar surface area (TPSA) is 64.9 Å². The van der Waals surface area contributed by atoms with Crippen molar-refractivity contribution in [2.75, 3.05) is 0 Å². The summed E-state index contributed by atoms with van der Waals surface area (Å²) in [7, 11) is 0. The summed E-state index contributed by atoms with van der Waals surface area (Å²) in [6, 6.07) is 8.07. The number of nitrogens with zero attached hydrogens (tertiary/aromatic N) is 2. The summed E-state index contributed by atoms with van der Waals surface area (Å²) >= 11 is 3.45. The van der Waals surface area contributed by atoms with E-state index in [9.17, 15) is 0 Å². The number of hydrogen-bond acceptors (Lipinski definition) is 4. The minimum Gasteiger partial charge on any atom is -0.337 e. The van der Waals surface area contributed by atoms with Crippen LogP contribution in [0.15, 0.2) is 33.3 Å². The Labute approximate surface area is 121 Å². The lowest BCUT2D eigenvalue weighted by Crippen LogP contribution is -2.35. The van der Waals surface area contributed by atoms with E-state index in [1.807, 2.05) is 38.1 Å². The summed E-state index contributed by atoms with van der Waals surface area (Å²) in [5.41, 5.74) is 6.87. The summed E-state index contributed by atoms with van der Waals surface area (Å²) in [5, 5.41) is 4.02. The largest absolute Gasteiger partial charge is 0.337 e. The fraction of sp³-hybridized carbons (Fsp3) is 0.429. The van der Waals surface area contributed by atoms with Crippen LogP contribution in [-0.4, -0.2) is 10.1 Å². The molecule has 2 N–H and O–H groups in total. The van der Waals surface area contributed by atoms with Gasteiger partial charge in [-0.25, -0.2) is 0 Å². The van der Waals surface area contributed by atoms with E-state index in [0.29, 0.717) is 18.1 Å². The maximum atomic E-state index is 6.24. The van der Waals surface area contributed by atoms with Gasteiger partial charge in [-0.05, 0) is 30.5 Å². The van der Waals surface area contributed by atoms with Crippen LogP contribution < -0.4 is 5.73 Å². The average molecular weight is 324 g/mol. The highest BCUT2D eigenvalue weighted by atomic mass is 79.9. The van der Waals surface area contributed by atoms with Crippen LogP contribution in [0.5, 0.6) is 0 Å². The van der Waals surface area contributed by atoms with Crippen molar-refractivity contribution in [2.45, 2.75) is 38.6 Å². The molecule has 0 bridgehead atoms. The van der Waals surface area contributed by atoms with E-state index in [0.717, 1.165) is 22.9 Å². The van der Waals surface area contributed by atoms with Crippen LogP contribution in [0, 0.1) is 0 Å². The van der Waals surface area contributed by atoms with Gasteiger partial charge in [0.05, 0.1) is 5.54 Å². The summed E-state index contributed by atoms with van der Waals surface area (Å²) in [4.78, 5) is 4.43. The van der Waals surface area contributed by atoms with Crippen molar-refractivity contribution < 1.29 is 4.52 Å². The van der Waals surface area contributed by atoms with Crippen LogP contribution in [0.2, 0.25) is 0 Å². The third kappa shape index (κ3) is 3.22. The third-order valence-electron chi connectivity index (χ3n) is 3.41. The van der Waals surface area contributed by atoms with E-state index in [1.54, 1.807) is 0 Å². The Hall–Kier alpha value is -1.20. The van der Waals surface area contributed by atoms with E-state index < -0.39 is 5.54 Å². The van der Waals surface area contributed by atoms with Gasteiger partial charge in [0.2, 0.25) is 5.89 Å². The van der Waals surface area contributed by atoms with Gasteiger partial charge in [-0.3, -0.25) is 0 Å². The molecule has 4 nitrogen and oxygen atoms in total. The molecule has 0 fully saturated rings. The van der Waals surface area contributed by atoms with Crippen LogP contribution in [0.1, 0.15) is 44.0 Å². The molecule has 0 atom stereocenters. The van der Waals surface area contributed by atoms with Crippen molar-refractivity contribution in [3.8, 4) is 0 Å². The molecule has 19 heavy (non-hydrogen) atoms. The lowest BCUT2D eigenvalue weighted by atomic mass is 9.94. The quantitative estimate of drug-likeness (QED) is 0.915. The molecule has 1 heterocycles. The SMILES string of the molecule is CCC(N)(CC)c1nc(Cc2cccc(Br)c2)no1. The summed E-state index contributed by atoms with van der Waals surface area (Å²) in [6.45, 7) is 4.06. The molecule has 5 heteroatoms. The van der Waals surface area contributed by atoms with E-state index in [-0.39, 0.29) is 0 Å². The third-order valence-corrected chi connectivity index (χ3v) is 3.90. The Kier molecular flexibility index (Phi) is 4.37.